The molecule has 0 spiro atoms. The largest absolute Gasteiger partial charge is 0.321 e. The van der Waals surface area contributed by atoms with Crippen LogP contribution in [0.15, 0.2) is 12.7 Å². The number of hydrogen-bond acceptors (Lipinski definition) is 3. The second-order valence-electron chi connectivity index (χ2n) is 1.92. The Morgan fingerprint density at radius 1 is 1.64 bits per heavy atom. The molecular formula is C7H15O2PS. The van der Waals surface area contributed by atoms with E-state index in [1.54, 1.807) is 6.08 Å². The smallest absolute Gasteiger partial charge is 0.261 e. The predicted octanol–water partition coefficient (Wildman–Crippen LogP) is 3.16. The second kappa shape index (κ2) is 5.87. The topological polar surface area (TPSA) is 26.3 Å². The quantitative estimate of drug-likeness (QED) is 0.480. The normalized spacial score (nSPS) is 15.8. The Labute approximate surface area is 72.6 Å². The Bertz CT molecular complexity index is 149. The lowest BCUT2D eigenvalue weighted by molar-refractivity contribution is 0.348. The molecule has 0 bridgehead atoms. The van der Waals surface area contributed by atoms with Crippen LogP contribution < -0.4 is 0 Å². The van der Waals surface area contributed by atoms with Gasteiger partial charge in [-0.3, -0.25) is 4.57 Å². The molecule has 0 aliphatic rings. The van der Waals surface area contributed by atoms with E-state index in [-0.39, 0.29) is 0 Å². The van der Waals surface area contributed by atoms with Crippen molar-refractivity contribution in [3.05, 3.63) is 12.7 Å². The van der Waals surface area contributed by atoms with Crippen molar-refractivity contribution in [2.45, 2.75) is 13.8 Å². The Morgan fingerprint density at radius 3 is 2.64 bits per heavy atom. The average molecular weight is 194 g/mol. The maximum atomic E-state index is 11.7. The first-order chi connectivity index (χ1) is 5.18. The molecule has 0 aromatic heterocycles. The third-order valence-electron chi connectivity index (χ3n) is 1.00. The Balaban J connectivity index is 4.01. The number of allylic oxidation sites excluding steroid dienone is 1. The van der Waals surface area contributed by atoms with Crippen LogP contribution in [0.1, 0.15) is 13.8 Å². The fourth-order valence-corrected chi connectivity index (χ4v) is 4.44. The highest BCUT2D eigenvalue weighted by molar-refractivity contribution is 8.56. The van der Waals surface area contributed by atoms with Crippen LogP contribution in [0.5, 0.6) is 0 Å². The molecule has 0 saturated carbocycles. The van der Waals surface area contributed by atoms with Gasteiger partial charge >= 0.3 is 0 Å². The van der Waals surface area contributed by atoms with Crippen molar-refractivity contribution in [3.63, 3.8) is 0 Å². The summed E-state index contributed by atoms with van der Waals surface area (Å²) in [5.74, 6) is 0.825. The summed E-state index contributed by atoms with van der Waals surface area (Å²) in [7, 11) is 0. The standard InChI is InChI=1S/C7H15O2PS/c1-4-7-10(8,9-5-2)11-6-3/h4H,1,5-7H2,2-3H3. The lowest BCUT2D eigenvalue weighted by atomic mass is 10.8. The van der Waals surface area contributed by atoms with E-state index in [0.717, 1.165) is 5.75 Å². The maximum absolute atomic E-state index is 11.7. The van der Waals surface area contributed by atoms with Gasteiger partial charge in [0.15, 0.2) is 0 Å². The zero-order chi connectivity index (χ0) is 8.74. The van der Waals surface area contributed by atoms with E-state index in [1.807, 2.05) is 13.8 Å². The van der Waals surface area contributed by atoms with Gasteiger partial charge in [0, 0.05) is 0 Å². The van der Waals surface area contributed by atoms with Gasteiger partial charge in [-0.2, -0.15) is 0 Å². The van der Waals surface area contributed by atoms with Crippen LogP contribution in [0.4, 0.5) is 0 Å². The molecule has 0 N–H and O–H groups in total. The number of rotatable bonds is 6. The van der Waals surface area contributed by atoms with Gasteiger partial charge in [-0.1, -0.05) is 24.4 Å². The van der Waals surface area contributed by atoms with E-state index in [4.69, 9.17) is 4.52 Å². The Morgan fingerprint density at radius 2 is 2.27 bits per heavy atom. The summed E-state index contributed by atoms with van der Waals surface area (Å²) in [6.07, 6.45) is 2.12. The Hall–Kier alpha value is 0.280. The van der Waals surface area contributed by atoms with Crippen molar-refractivity contribution >= 4 is 18.0 Å². The van der Waals surface area contributed by atoms with Crippen molar-refractivity contribution in [2.24, 2.45) is 0 Å². The van der Waals surface area contributed by atoms with Crippen LogP contribution >= 0.6 is 18.0 Å². The molecule has 0 aliphatic carbocycles. The molecule has 4 heteroatoms. The van der Waals surface area contributed by atoms with E-state index in [0.29, 0.717) is 12.8 Å². The van der Waals surface area contributed by atoms with Gasteiger partial charge in [0.25, 0.3) is 6.57 Å². The van der Waals surface area contributed by atoms with E-state index in [2.05, 4.69) is 6.58 Å². The molecule has 11 heavy (non-hydrogen) atoms. The molecule has 0 heterocycles. The molecule has 0 amide bonds. The Kier molecular flexibility index (Phi) is 6.02. The first-order valence-corrected chi connectivity index (χ1v) is 7.07. The minimum atomic E-state index is -2.42. The van der Waals surface area contributed by atoms with Crippen LogP contribution in [-0.4, -0.2) is 18.5 Å². The first kappa shape index (κ1) is 11.3. The summed E-state index contributed by atoms with van der Waals surface area (Å²) in [4.78, 5) is 0. The molecular weight excluding hydrogens is 179 g/mol. The van der Waals surface area contributed by atoms with Gasteiger partial charge in [-0.05, 0) is 12.7 Å². The van der Waals surface area contributed by atoms with Crippen molar-refractivity contribution in [1.82, 2.24) is 0 Å². The summed E-state index contributed by atoms with van der Waals surface area (Å²) in [6, 6.07) is 0. The molecule has 0 radical (unpaired) electrons. The predicted molar refractivity (Wildman–Crippen MR) is 52.4 cm³/mol. The zero-order valence-electron chi connectivity index (χ0n) is 7.08. The molecule has 0 aromatic rings. The molecule has 0 aromatic carbocycles. The SMILES string of the molecule is C=CCP(=O)(OCC)SCC. The number of hydrogen-bond donors (Lipinski definition) is 0. The summed E-state index contributed by atoms with van der Waals surface area (Å²) in [6.45, 7) is 5.46. The van der Waals surface area contributed by atoms with Crippen molar-refractivity contribution in [2.75, 3.05) is 18.5 Å². The molecule has 0 aliphatic heterocycles. The van der Waals surface area contributed by atoms with Crippen LogP contribution in [0, 0.1) is 0 Å². The van der Waals surface area contributed by atoms with Gasteiger partial charge in [0.05, 0.1) is 12.8 Å². The summed E-state index contributed by atoms with van der Waals surface area (Å²) in [5.41, 5.74) is 0. The zero-order valence-corrected chi connectivity index (χ0v) is 8.79. The van der Waals surface area contributed by atoms with Crippen LogP contribution in [0.2, 0.25) is 0 Å². The summed E-state index contributed by atoms with van der Waals surface area (Å²) < 4.78 is 16.8. The van der Waals surface area contributed by atoms with Crippen molar-refractivity contribution in [1.29, 1.82) is 0 Å². The molecule has 2 nitrogen and oxygen atoms in total. The van der Waals surface area contributed by atoms with Crippen LogP contribution in [-0.2, 0) is 9.09 Å². The van der Waals surface area contributed by atoms with Gasteiger partial charge < -0.3 is 4.52 Å². The molecule has 0 fully saturated rings. The van der Waals surface area contributed by atoms with Crippen LogP contribution in [0.25, 0.3) is 0 Å². The lowest BCUT2D eigenvalue weighted by Gasteiger charge is -2.13. The first-order valence-electron chi connectivity index (χ1n) is 3.67. The minimum absolute atomic E-state index is 0.472. The lowest BCUT2D eigenvalue weighted by Crippen LogP contribution is -1.89. The van der Waals surface area contributed by atoms with E-state index >= 15 is 0 Å². The van der Waals surface area contributed by atoms with E-state index in [1.165, 1.54) is 11.4 Å². The highest BCUT2D eigenvalue weighted by Crippen LogP contribution is 2.59. The highest BCUT2D eigenvalue weighted by atomic mass is 32.7. The minimum Gasteiger partial charge on any atom is -0.321 e. The van der Waals surface area contributed by atoms with Gasteiger partial charge in [0.1, 0.15) is 0 Å². The van der Waals surface area contributed by atoms with Crippen molar-refractivity contribution in [3.8, 4) is 0 Å². The fourth-order valence-electron chi connectivity index (χ4n) is 0.694. The van der Waals surface area contributed by atoms with Crippen LogP contribution in [0.3, 0.4) is 0 Å². The molecule has 0 saturated heterocycles. The molecule has 0 rings (SSSR count). The van der Waals surface area contributed by atoms with Gasteiger partial charge in [-0.25, -0.2) is 0 Å². The van der Waals surface area contributed by atoms with Gasteiger partial charge in [-0.15, -0.1) is 6.58 Å². The molecule has 1 unspecified atom stereocenters. The summed E-state index contributed by atoms with van der Waals surface area (Å²) in [5, 5.41) is 0. The van der Waals surface area contributed by atoms with E-state index in [9.17, 15) is 4.57 Å². The monoisotopic (exact) mass is 194 g/mol. The highest BCUT2D eigenvalue weighted by Gasteiger charge is 2.19. The van der Waals surface area contributed by atoms with E-state index < -0.39 is 6.57 Å². The summed E-state index contributed by atoms with van der Waals surface area (Å²) >= 11 is 1.39. The third-order valence-corrected chi connectivity index (χ3v) is 5.73. The third kappa shape index (κ3) is 4.67. The van der Waals surface area contributed by atoms with Gasteiger partial charge in [0.2, 0.25) is 0 Å². The average Bonchev–Trinajstić information content (AvgIpc) is 1.88. The maximum Gasteiger partial charge on any atom is 0.261 e. The molecule has 1 atom stereocenters. The second-order valence-corrected chi connectivity index (χ2v) is 7.04. The molecule has 66 valence electrons. The van der Waals surface area contributed by atoms with Crippen molar-refractivity contribution < 1.29 is 9.09 Å². The fraction of sp³-hybridized carbons (Fsp3) is 0.714.